The van der Waals surface area contributed by atoms with E-state index in [0.29, 0.717) is 0 Å². The number of carbonyl (C=O) groups excluding carboxylic acids is 1. The molecule has 0 bridgehead atoms. The van der Waals surface area contributed by atoms with Crippen molar-refractivity contribution < 1.29 is 22.4 Å². The van der Waals surface area contributed by atoms with Crippen LogP contribution in [0.1, 0.15) is 23.4 Å². The van der Waals surface area contributed by atoms with Gasteiger partial charge in [-0.1, -0.05) is 0 Å². The molecule has 0 atom stereocenters. The lowest BCUT2D eigenvalue weighted by molar-refractivity contribution is 0.0559. The van der Waals surface area contributed by atoms with Crippen LogP contribution in [-0.4, -0.2) is 27.2 Å². The molecule has 5 nitrogen and oxygen atoms in total. The molecule has 1 saturated carbocycles. The van der Waals surface area contributed by atoms with Crippen molar-refractivity contribution in [3.8, 4) is 0 Å². The van der Waals surface area contributed by atoms with Gasteiger partial charge in [0.25, 0.3) is 0 Å². The van der Waals surface area contributed by atoms with Gasteiger partial charge in [-0.3, -0.25) is 0 Å². The Kier molecular flexibility index (Phi) is 2.75. The van der Waals surface area contributed by atoms with Crippen LogP contribution in [0, 0.1) is 5.92 Å². The van der Waals surface area contributed by atoms with Crippen molar-refractivity contribution in [3.63, 3.8) is 0 Å². The number of hydrogen-bond donors (Lipinski definition) is 0. The van der Waals surface area contributed by atoms with Gasteiger partial charge in [0, 0.05) is 0 Å². The van der Waals surface area contributed by atoms with Crippen LogP contribution in [0.25, 0.3) is 0 Å². The fraction of sp³-hybridized carbons (Fsp3) is 0.500. The number of ether oxygens (including phenoxy) is 1. The summed E-state index contributed by atoms with van der Waals surface area (Å²) in [5, 5.41) is -0.153. The predicted octanol–water partition coefficient (Wildman–Crippen LogP) is 1.25. The summed E-state index contributed by atoms with van der Waals surface area (Å²) in [5.41, 5.74) is 0. The summed E-state index contributed by atoms with van der Waals surface area (Å²) in [5.74, 6) is -0.414. The molecular formula is C10H12O5S. The quantitative estimate of drug-likeness (QED) is 0.745. The summed E-state index contributed by atoms with van der Waals surface area (Å²) in [6, 6.07) is 2.61. The normalized spacial score (nSPS) is 16.1. The van der Waals surface area contributed by atoms with Crippen molar-refractivity contribution in [2.45, 2.75) is 17.9 Å². The first-order valence-electron chi connectivity index (χ1n) is 4.94. The van der Waals surface area contributed by atoms with E-state index < -0.39 is 15.8 Å². The molecule has 1 aromatic rings. The highest BCUT2D eigenvalue weighted by Gasteiger charge is 2.31. The Morgan fingerprint density at radius 1 is 1.50 bits per heavy atom. The standard InChI is InChI=1S/C10H12O5S/c1-14-10(11)8-4-5-9(15-8)16(12,13)6-7-2-3-7/h4-5,7H,2-3,6H2,1H3. The summed E-state index contributed by atoms with van der Waals surface area (Å²) in [4.78, 5) is 11.1. The second kappa shape index (κ2) is 3.93. The van der Waals surface area contributed by atoms with E-state index in [4.69, 9.17) is 4.42 Å². The zero-order valence-electron chi connectivity index (χ0n) is 8.80. The van der Waals surface area contributed by atoms with Crippen LogP contribution in [0.2, 0.25) is 0 Å². The summed E-state index contributed by atoms with van der Waals surface area (Å²) in [6.07, 6.45) is 1.90. The Labute approximate surface area is 93.3 Å². The predicted molar refractivity (Wildman–Crippen MR) is 54.8 cm³/mol. The largest absolute Gasteiger partial charge is 0.463 e. The highest BCUT2D eigenvalue weighted by atomic mass is 32.2. The summed E-state index contributed by atoms with van der Waals surface area (Å²) in [7, 11) is -2.18. The fourth-order valence-electron chi connectivity index (χ4n) is 1.37. The second-order valence-corrected chi connectivity index (χ2v) is 5.80. The molecule has 16 heavy (non-hydrogen) atoms. The molecule has 0 unspecified atom stereocenters. The number of esters is 1. The zero-order valence-corrected chi connectivity index (χ0v) is 9.62. The van der Waals surface area contributed by atoms with Crippen LogP contribution < -0.4 is 0 Å². The van der Waals surface area contributed by atoms with Crippen molar-refractivity contribution in [2.24, 2.45) is 5.92 Å². The fourth-order valence-corrected chi connectivity index (χ4v) is 2.98. The number of methoxy groups -OCH3 is 1. The van der Waals surface area contributed by atoms with Crippen LogP contribution in [0.5, 0.6) is 0 Å². The minimum Gasteiger partial charge on any atom is -0.463 e. The Bertz CT molecular complexity index is 495. The SMILES string of the molecule is COC(=O)c1ccc(S(=O)(=O)CC2CC2)o1. The Hall–Kier alpha value is -1.30. The third-order valence-corrected chi connectivity index (χ3v) is 4.17. The van der Waals surface area contributed by atoms with Crippen molar-refractivity contribution in [1.29, 1.82) is 0 Å². The maximum absolute atomic E-state index is 11.8. The van der Waals surface area contributed by atoms with Gasteiger partial charge < -0.3 is 9.15 Å². The highest BCUT2D eigenvalue weighted by molar-refractivity contribution is 7.91. The van der Waals surface area contributed by atoms with Gasteiger partial charge in [0.15, 0.2) is 0 Å². The molecule has 0 saturated heterocycles. The monoisotopic (exact) mass is 244 g/mol. The summed E-state index contributed by atoms with van der Waals surface area (Å²) < 4.78 is 32.9. The molecule has 88 valence electrons. The van der Waals surface area contributed by atoms with Gasteiger partial charge in [-0.15, -0.1) is 0 Å². The number of furan rings is 1. The number of hydrogen-bond acceptors (Lipinski definition) is 5. The lowest BCUT2D eigenvalue weighted by Gasteiger charge is -1.98. The van der Waals surface area contributed by atoms with Crippen LogP contribution in [0.15, 0.2) is 21.6 Å². The van der Waals surface area contributed by atoms with E-state index in [1.54, 1.807) is 0 Å². The van der Waals surface area contributed by atoms with Gasteiger partial charge >= 0.3 is 5.97 Å². The van der Waals surface area contributed by atoms with Gasteiger partial charge in [-0.25, -0.2) is 13.2 Å². The maximum Gasteiger partial charge on any atom is 0.374 e. The topological polar surface area (TPSA) is 73.6 Å². The summed E-state index contributed by atoms with van der Waals surface area (Å²) in [6.45, 7) is 0. The molecule has 0 amide bonds. The van der Waals surface area contributed by atoms with Gasteiger partial charge in [-0.2, -0.15) is 0 Å². The Balaban J connectivity index is 2.20. The number of rotatable bonds is 4. The third-order valence-electron chi connectivity index (χ3n) is 2.43. The van der Waals surface area contributed by atoms with Crippen molar-refractivity contribution in [1.82, 2.24) is 0 Å². The summed E-state index contributed by atoms with van der Waals surface area (Å²) >= 11 is 0. The molecule has 6 heteroatoms. The number of carbonyl (C=O) groups is 1. The van der Waals surface area contributed by atoms with E-state index in [1.807, 2.05) is 0 Å². The average Bonchev–Trinajstić information content (AvgIpc) is 2.88. The molecule has 0 N–H and O–H groups in total. The van der Waals surface area contributed by atoms with E-state index in [1.165, 1.54) is 19.2 Å². The molecule has 1 aliphatic rings. The van der Waals surface area contributed by atoms with Crippen LogP contribution in [0.3, 0.4) is 0 Å². The van der Waals surface area contributed by atoms with E-state index in [-0.39, 0.29) is 22.5 Å². The van der Waals surface area contributed by atoms with Gasteiger partial charge in [0.05, 0.1) is 12.9 Å². The smallest absolute Gasteiger partial charge is 0.374 e. The lowest BCUT2D eigenvalue weighted by Crippen LogP contribution is -2.07. The maximum atomic E-state index is 11.8. The van der Waals surface area contributed by atoms with Crippen LogP contribution in [-0.2, 0) is 14.6 Å². The first-order chi connectivity index (χ1) is 7.53. The Morgan fingerprint density at radius 2 is 2.19 bits per heavy atom. The molecule has 0 aliphatic heterocycles. The minimum atomic E-state index is -3.39. The zero-order chi connectivity index (χ0) is 11.8. The molecule has 2 rings (SSSR count). The molecule has 0 aromatic carbocycles. The number of sulfone groups is 1. The van der Waals surface area contributed by atoms with Crippen molar-refractivity contribution in [3.05, 3.63) is 17.9 Å². The molecule has 0 radical (unpaired) electrons. The minimum absolute atomic E-state index is 0.0862. The molecule has 0 spiro atoms. The van der Waals surface area contributed by atoms with Gasteiger partial charge in [0.1, 0.15) is 0 Å². The first-order valence-corrected chi connectivity index (χ1v) is 6.59. The molecule has 1 heterocycles. The third kappa shape index (κ3) is 2.27. The van der Waals surface area contributed by atoms with E-state index in [2.05, 4.69) is 4.74 Å². The molecular weight excluding hydrogens is 232 g/mol. The molecule has 1 aromatic heterocycles. The highest BCUT2D eigenvalue weighted by Crippen LogP contribution is 2.32. The van der Waals surface area contributed by atoms with E-state index >= 15 is 0 Å². The average molecular weight is 244 g/mol. The molecule has 1 aliphatic carbocycles. The van der Waals surface area contributed by atoms with Crippen molar-refractivity contribution >= 4 is 15.8 Å². The van der Waals surface area contributed by atoms with E-state index in [9.17, 15) is 13.2 Å². The first kappa shape index (κ1) is 11.2. The molecule has 1 fully saturated rings. The lowest BCUT2D eigenvalue weighted by atomic mass is 10.5. The van der Waals surface area contributed by atoms with Gasteiger partial charge in [-0.05, 0) is 30.9 Å². The van der Waals surface area contributed by atoms with Crippen LogP contribution >= 0.6 is 0 Å². The van der Waals surface area contributed by atoms with Crippen LogP contribution in [0.4, 0.5) is 0 Å². The Morgan fingerprint density at radius 3 is 2.75 bits per heavy atom. The second-order valence-electron chi connectivity index (χ2n) is 3.84. The van der Waals surface area contributed by atoms with E-state index in [0.717, 1.165) is 12.8 Å². The van der Waals surface area contributed by atoms with Gasteiger partial charge in [0.2, 0.25) is 20.7 Å². The van der Waals surface area contributed by atoms with Crippen molar-refractivity contribution in [2.75, 3.05) is 12.9 Å².